The lowest BCUT2D eigenvalue weighted by Gasteiger charge is -2.34. The summed E-state index contributed by atoms with van der Waals surface area (Å²) in [6, 6.07) is 6.58. The van der Waals surface area contributed by atoms with Gasteiger partial charge in [0.25, 0.3) is 0 Å². The molecule has 1 heterocycles. The first kappa shape index (κ1) is 16.3. The maximum absolute atomic E-state index is 6.61. The van der Waals surface area contributed by atoms with Crippen molar-refractivity contribution in [1.82, 2.24) is 4.90 Å². The lowest BCUT2D eigenvalue weighted by atomic mass is 9.76. The largest absolute Gasteiger partial charge is 0.486 e. The zero-order chi connectivity index (χ0) is 15.6. The molecule has 1 saturated carbocycles. The molecule has 0 radical (unpaired) electrons. The Balaban J connectivity index is 1.85. The van der Waals surface area contributed by atoms with E-state index in [0.29, 0.717) is 5.92 Å². The fraction of sp³-hybridized carbons (Fsp3) is 0.684. The fourth-order valence-electron chi connectivity index (χ4n) is 4.27. The van der Waals surface area contributed by atoms with E-state index in [4.69, 9.17) is 4.74 Å². The molecule has 1 unspecified atom stereocenters. The summed E-state index contributed by atoms with van der Waals surface area (Å²) in [4.78, 5) is 2.29. The van der Waals surface area contributed by atoms with Crippen LogP contribution in [0.2, 0.25) is 0 Å². The van der Waals surface area contributed by atoms with Gasteiger partial charge in [0.15, 0.2) is 0 Å². The summed E-state index contributed by atoms with van der Waals surface area (Å²) < 4.78 is 7.78. The number of halogens is 1. The van der Waals surface area contributed by atoms with Crippen molar-refractivity contribution in [3.05, 3.63) is 28.2 Å². The first-order chi connectivity index (χ1) is 10.6. The summed E-state index contributed by atoms with van der Waals surface area (Å²) in [5, 5.41) is 0. The molecule has 1 atom stereocenters. The molecule has 1 aromatic rings. The molecular weight excluding hydrogens is 338 g/mol. The molecule has 0 aromatic heterocycles. The average Bonchev–Trinajstić information content (AvgIpc) is 2.62. The van der Waals surface area contributed by atoms with Gasteiger partial charge in [-0.15, -0.1) is 0 Å². The summed E-state index contributed by atoms with van der Waals surface area (Å²) in [5.74, 6) is 1.71. The third-order valence-corrected chi connectivity index (χ3v) is 5.84. The van der Waals surface area contributed by atoms with Crippen LogP contribution in [0.5, 0.6) is 5.75 Å². The highest BCUT2D eigenvalue weighted by Crippen LogP contribution is 2.53. The normalized spacial score (nSPS) is 23.4. The molecule has 3 rings (SSSR count). The van der Waals surface area contributed by atoms with Gasteiger partial charge in [0.05, 0.1) is 0 Å². The lowest BCUT2D eigenvalue weighted by molar-refractivity contribution is 0.0473. The van der Waals surface area contributed by atoms with E-state index in [-0.39, 0.29) is 5.60 Å². The highest BCUT2D eigenvalue weighted by Gasteiger charge is 2.47. The van der Waals surface area contributed by atoms with Crippen LogP contribution in [-0.4, -0.2) is 31.1 Å². The fourth-order valence-corrected chi connectivity index (χ4v) is 4.64. The Morgan fingerprint density at radius 1 is 1.18 bits per heavy atom. The molecule has 0 bridgehead atoms. The summed E-state index contributed by atoms with van der Waals surface area (Å²) >= 11 is 3.65. The van der Waals surface area contributed by atoms with Crippen LogP contribution in [0, 0.1) is 0 Å². The number of ether oxygens (including phenoxy) is 1. The van der Waals surface area contributed by atoms with Gasteiger partial charge in [0.2, 0.25) is 0 Å². The highest BCUT2D eigenvalue weighted by molar-refractivity contribution is 9.10. The minimum atomic E-state index is 0.0753. The molecular formula is C19H28BrNO. The summed E-state index contributed by atoms with van der Waals surface area (Å²) in [5.41, 5.74) is 1.52. The van der Waals surface area contributed by atoms with Crippen molar-refractivity contribution < 1.29 is 4.74 Å². The van der Waals surface area contributed by atoms with Crippen molar-refractivity contribution in [2.24, 2.45) is 0 Å². The molecule has 1 aliphatic carbocycles. The highest BCUT2D eigenvalue weighted by atomic mass is 79.9. The van der Waals surface area contributed by atoms with Gasteiger partial charge in [-0.2, -0.15) is 0 Å². The van der Waals surface area contributed by atoms with Crippen LogP contribution in [0.25, 0.3) is 0 Å². The summed E-state index contributed by atoms with van der Waals surface area (Å²) in [6.07, 6.45) is 10.3. The van der Waals surface area contributed by atoms with E-state index in [2.05, 4.69) is 53.1 Å². The van der Waals surface area contributed by atoms with Crippen LogP contribution in [0.3, 0.4) is 0 Å². The Labute approximate surface area is 143 Å². The van der Waals surface area contributed by atoms with Crippen molar-refractivity contribution in [1.29, 1.82) is 0 Å². The third-order valence-electron chi connectivity index (χ3n) is 5.34. The van der Waals surface area contributed by atoms with Gasteiger partial charge < -0.3 is 9.64 Å². The van der Waals surface area contributed by atoms with Crippen molar-refractivity contribution in [3.63, 3.8) is 0 Å². The van der Waals surface area contributed by atoms with Gasteiger partial charge in [-0.25, -0.2) is 0 Å². The molecule has 2 aliphatic rings. The minimum absolute atomic E-state index is 0.0753. The quantitative estimate of drug-likeness (QED) is 0.711. The Morgan fingerprint density at radius 3 is 2.59 bits per heavy atom. The van der Waals surface area contributed by atoms with Gasteiger partial charge in [0.1, 0.15) is 11.4 Å². The number of rotatable bonds is 4. The van der Waals surface area contributed by atoms with E-state index in [0.717, 1.165) is 12.3 Å². The number of hydrogen-bond acceptors (Lipinski definition) is 2. The topological polar surface area (TPSA) is 12.5 Å². The summed E-state index contributed by atoms with van der Waals surface area (Å²) in [7, 11) is 4.33. The Morgan fingerprint density at radius 2 is 1.91 bits per heavy atom. The number of nitrogens with zero attached hydrogens (tertiary/aromatic N) is 1. The third kappa shape index (κ3) is 3.35. The van der Waals surface area contributed by atoms with Gasteiger partial charge in [0, 0.05) is 16.0 Å². The molecule has 122 valence electrons. The monoisotopic (exact) mass is 365 g/mol. The first-order valence-corrected chi connectivity index (χ1v) is 9.53. The molecule has 1 spiro atoms. The van der Waals surface area contributed by atoms with Gasteiger partial charge in [-0.3, -0.25) is 0 Å². The molecule has 1 aromatic carbocycles. The van der Waals surface area contributed by atoms with E-state index >= 15 is 0 Å². The van der Waals surface area contributed by atoms with Gasteiger partial charge in [-0.05, 0) is 77.4 Å². The zero-order valence-corrected chi connectivity index (χ0v) is 15.5. The number of fused-ring (bicyclic) bond motifs is 1. The van der Waals surface area contributed by atoms with Crippen LogP contribution >= 0.6 is 15.9 Å². The minimum Gasteiger partial charge on any atom is -0.486 e. The van der Waals surface area contributed by atoms with Crippen molar-refractivity contribution in [2.75, 3.05) is 20.6 Å². The smallest absolute Gasteiger partial charge is 0.123 e. The van der Waals surface area contributed by atoms with Crippen molar-refractivity contribution >= 4 is 15.9 Å². The van der Waals surface area contributed by atoms with Crippen LogP contribution in [0.1, 0.15) is 62.8 Å². The predicted octanol–water partition coefficient (Wildman–Crippen LogP) is 5.36. The van der Waals surface area contributed by atoms with Crippen molar-refractivity contribution in [3.8, 4) is 5.75 Å². The average molecular weight is 366 g/mol. The van der Waals surface area contributed by atoms with Crippen LogP contribution in [0.15, 0.2) is 22.7 Å². The van der Waals surface area contributed by atoms with Gasteiger partial charge in [-0.1, -0.05) is 28.8 Å². The number of benzene rings is 1. The number of hydrogen-bond donors (Lipinski definition) is 0. The van der Waals surface area contributed by atoms with E-state index in [1.54, 1.807) is 0 Å². The second-order valence-corrected chi connectivity index (χ2v) is 8.18. The summed E-state index contributed by atoms with van der Waals surface area (Å²) in [6.45, 7) is 1.16. The second kappa shape index (κ2) is 6.92. The lowest BCUT2D eigenvalue weighted by Crippen LogP contribution is -2.37. The van der Waals surface area contributed by atoms with E-state index in [1.807, 2.05) is 0 Å². The molecule has 3 heteroatoms. The predicted molar refractivity (Wildman–Crippen MR) is 95.7 cm³/mol. The molecule has 0 amide bonds. The Bertz CT molecular complexity index is 506. The van der Waals surface area contributed by atoms with Crippen LogP contribution in [-0.2, 0) is 0 Å². The molecule has 2 nitrogen and oxygen atoms in total. The zero-order valence-electron chi connectivity index (χ0n) is 13.9. The maximum Gasteiger partial charge on any atom is 0.123 e. The Kier molecular flexibility index (Phi) is 5.13. The van der Waals surface area contributed by atoms with Crippen molar-refractivity contribution in [2.45, 2.75) is 62.9 Å². The van der Waals surface area contributed by atoms with E-state index in [1.165, 1.54) is 61.4 Å². The first-order valence-electron chi connectivity index (χ1n) is 8.74. The standard InChI is InChI=1S/C19H28BrNO/c1-21(2)13-7-8-17-16-14-15(20)9-10-18(16)22-19(17)11-5-3-4-6-12-19/h9-10,14,17H,3-8,11-13H2,1-2H3. The van der Waals surface area contributed by atoms with Gasteiger partial charge >= 0.3 is 0 Å². The Hall–Kier alpha value is -0.540. The maximum atomic E-state index is 6.61. The second-order valence-electron chi connectivity index (χ2n) is 7.26. The molecule has 22 heavy (non-hydrogen) atoms. The molecule has 1 fully saturated rings. The van der Waals surface area contributed by atoms with Crippen LogP contribution < -0.4 is 4.74 Å². The van der Waals surface area contributed by atoms with E-state index in [9.17, 15) is 0 Å². The molecule has 1 aliphatic heterocycles. The molecule has 0 saturated heterocycles. The van der Waals surface area contributed by atoms with E-state index < -0.39 is 0 Å². The molecule has 0 N–H and O–H groups in total. The SMILES string of the molecule is CN(C)CCCC1c2cc(Br)ccc2OC12CCCCCC2. The van der Waals surface area contributed by atoms with Crippen LogP contribution in [0.4, 0.5) is 0 Å².